The molecule has 146 valence electrons. The minimum absolute atomic E-state index is 0.0328. The van der Waals surface area contributed by atoms with Gasteiger partial charge in [0.1, 0.15) is 5.72 Å². The molecule has 1 spiro atoms. The normalized spacial score (nSPS) is 45.0. The monoisotopic (exact) mass is 378 g/mol. The number of piperidine rings is 2. The van der Waals surface area contributed by atoms with Crippen molar-refractivity contribution in [2.45, 2.75) is 49.5 Å². The van der Waals surface area contributed by atoms with Crippen molar-refractivity contribution in [3.8, 4) is 0 Å². The number of ether oxygens (including phenoxy) is 2. The summed E-state index contributed by atoms with van der Waals surface area (Å²) in [6.45, 7) is 5.49. The molecule has 3 saturated heterocycles. The smallest absolute Gasteiger partial charge is 0.229 e. The van der Waals surface area contributed by atoms with Gasteiger partial charge in [0.25, 0.3) is 0 Å². The third-order valence-corrected chi connectivity index (χ3v) is 8.70. The number of nitrogens with zero attached hydrogens (tertiary/aromatic N) is 2. The maximum Gasteiger partial charge on any atom is 0.229 e. The molecule has 5 nitrogen and oxygen atoms in total. The Morgan fingerprint density at radius 1 is 1.32 bits per heavy atom. The largest absolute Gasteiger partial charge is 0.373 e. The summed E-state index contributed by atoms with van der Waals surface area (Å²) < 4.78 is 13.1. The van der Waals surface area contributed by atoms with E-state index in [1.54, 1.807) is 0 Å². The first kappa shape index (κ1) is 16.1. The molecule has 0 radical (unpaired) electrons. The Morgan fingerprint density at radius 3 is 3.11 bits per heavy atom. The standard InChI is InChI=1S/C23H26N2O3/c1-2-28-23-12-15-14-7-10-27-18-11-19(26)25-17-6-4-3-5-16(17)22(23,21(25)20(15)18)8-9-24(23)13-14/h3-7,15,18,20-21H,2,8-13H2,1H3/t15-,18+,20-,21+,22-,23+/m1/s1. The van der Waals surface area contributed by atoms with Gasteiger partial charge in [-0.2, -0.15) is 0 Å². The molecule has 5 heterocycles. The number of hydrogen-bond donors (Lipinski definition) is 0. The summed E-state index contributed by atoms with van der Waals surface area (Å²) in [6, 6.07) is 8.78. The molecule has 1 aromatic rings. The molecular formula is C23H26N2O3. The first-order chi connectivity index (χ1) is 13.7. The summed E-state index contributed by atoms with van der Waals surface area (Å²) in [5.74, 6) is 1.05. The lowest BCUT2D eigenvalue weighted by Crippen LogP contribution is -2.75. The summed E-state index contributed by atoms with van der Waals surface area (Å²) in [5, 5.41) is 0. The van der Waals surface area contributed by atoms with Crippen molar-refractivity contribution in [3.05, 3.63) is 41.5 Å². The van der Waals surface area contributed by atoms with Gasteiger partial charge in [0, 0.05) is 31.3 Å². The average molecular weight is 378 g/mol. The molecule has 2 bridgehead atoms. The highest BCUT2D eigenvalue weighted by Gasteiger charge is 2.77. The Balaban J connectivity index is 1.57. The zero-order valence-electron chi connectivity index (χ0n) is 16.3. The zero-order chi connectivity index (χ0) is 18.7. The van der Waals surface area contributed by atoms with Gasteiger partial charge in [0.2, 0.25) is 5.91 Å². The van der Waals surface area contributed by atoms with E-state index in [0.29, 0.717) is 31.5 Å². The van der Waals surface area contributed by atoms with E-state index in [9.17, 15) is 4.79 Å². The second kappa shape index (κ2) is 5.07. The first-order valence-corrected chi connectivity index (χ1v) is 10.8. The van der Waals surface area contributed by atoms with Gasteiger partial charge in [0.05, 0.1) is 30.6 Å². The van der Waals surface area contributed by atoms with Crippen molar-refractivity contribution >= 4 is 11.6 Å². The van der Waals surface area contributed by atoms with E-state index >= 15 is 0 Å². The summed E-state index contributed by atoms with van der Waals surface area (Å²) >= 11 is 0. The highest BCUT2D eigenvalue weighted by atomic mass is 16.5. The van der Waals surface area contributed by atoms with Crippen molar-refractivity contribution in [1.29, 1.82) is 0 Å². The molecule has 1 saturated carbocycles. The number of benzene rings is 1. The number of fused-ring (bicyclic) bond motifs is 2. The summed E-state index contributed by atoms with van der Waals surface area (Å²) in [4.78, 5) is 18.2. The fraction of sp³-hybridized carbons (Fsp3) is 0.609. The van der Waals surface area contributed by atoms with Gasteiger partial charge in [-0.05, 0) is 37.3 Å². The minimum Gasteiger partial charge on any atom is -0.373 e. The quantitative estimate of drug-likeness (QED) is 0.742. The van der Waals surface area contributed by atoms with Gasteiger partial charge in [-0.1, -0.05) is 29.8 Å². The number of carbonyl (C=O) groups is 1. The van der Waals surface area contributed by atoms with Crippen molar-refractivity contribution in [2.75, 3.05) is 31.2 Å². The molecule has 6 aliphatic rings. The Labute approximate surface area is 165 Å². The molecule has 0 unspecified atom stereocenters. The molecule has 5 heteroatoms. The van der Waals surface area contributed by atoms with E-state index in [1.807, 2.05) is 0 Å². The number of amides is 1. The van der Waals surface area contributed by atoms with Gasteiger partial charge in [-0.25, -0.2) is 0 Å². The summed E-state index contributed by atoms with van der Waals surface area (Å²) in [7, 11) is 0. The van der Waals surface area contributed by atoms with Crippen LogP contribution in [0.2, 0.25) is 0 Å². The number of rotatable bonds is 2. The van der Waals surface area contributed by atoms with Crippen molar-refractivity contribution < 1.29 is 14.3 Å². The molecule has 4 fully saturated rings. The van der Waals surface area contributed by atoms with E-state index in [1.165, 1.54) is 11.1 Å². The van der Waals surface area contributed by atoms with Crippen LogP contribution in [0.3, 0.4) is 0 Å². The van der Waals surface area contributed by atoms with Crippen LogP contribution in [0.15, 0.2) is 35.9 Å². The Morgan fingerprint density at radius 2 is 2.21 bits per heavy atom. The molecule has 0 aromatic heterocycles. The lowest BCUT2D eigenvalue weighted by molar-refractivity contribution is -0.225. The molecule has 1 aliphatic carbocycles. The minimum atomic E-state index is -0.303. The first-order valence-electron chi connectivity index (χ1n) is 10.8. The third-order valence-electron chi connectivity index (χ3n) is 8.70. The molecule has 6 atom stereocenters. The topological polar surface area (TPSA) is 42.0 Å². The lowest BCUT2D eigenvalue weighted by Gasteiger charge is -2.63. The third kappa shape index (κ3) is 1.52. The number of para-hydroxylation sites is 1. The van der Waals surface area contributed by atoms with Crippen molar-refractivity contribution in [2.24, 2.45) is 11.8 Å². The van der Waals surface area contributed by atoms with Crippen LogP contribution in [-0.4, -0.2) is 55.0 Å². The zero-order valence-corrected chi connectivity index (χ0v) is 16.3. The Hall–Kier alpha value is -1.69. The van der Waals surface area contributed by atoms with Crippen LogP contribution in [0.1, 0.15) is 31.7 Å². The van der Waals surface area contributed by atoms with Gasteiger partial charge in [0.15, 0.2) is 0 Å². The number of hydrogen-bond acceptors (Lipinski definition) is 4. The second-order valence-electron chi connectivity index (χ2n) is 9.33. The van der Waals surface area contributed by atoms with Crippen LogP contribution < -0.4 is 4.90 Å². The predicted molar refractivity (Wildman–Crippen MR) is 104 cm³/mol. The van der Waals surface area contributed by atoms with Crippen LogP contribution in [0.5, 0.6) is 0 Å². The van der Waals surface area contributed by atoms with E-state index in [-0.39, 0.29) is 29.2 Å². The molecule has 7 rings (SSSR count). The Kier molecular flexibility index (Phi) is 2.92. The SMILES string of the molecule is CCO[C@@]12C[C@@H]3C4=CCO[C@H]5CC(=O)N6c7ccccc7[C@]1(CCN2C4)[C@@H]6[C@@H]53. The Bertz CT molecular complexity index is 928. The van der Waals surface area contributed by atoms with Gasteiger partial charge in [-0.15, -0.1) is 0 Å². The van der Waals surface area contributed by atoms with Crippen LogP contribution >= 0.6 is 0 Å². The maximum atomic E-state index is 13.4. The van der Waals surface area contributed by atoms with E-state index in [4.69, 9.17) is 9.47 Å². The van der Waals surface area contributed by atoms with Gasteiger partial charge in [-0.3, -0.25) is 9.69 Å². The van der Waals surface area contributed by atoms with Crippen LogP contribution in [0, 0.1) is 11.8 Å². The summed E-state index contributed by atoms with van der Waals surface area (Å²) in [5.41, 5.74) is 3.53. The second-order valence-corrected chi connectivity index (χ2v) is 9.33. The fourth-order valence-corrected chi connectivity index (χ4v) is 8.01. The van der Waals surface area contributed by atoms with E-state index in [0.717, 1.165) is 31.6 Å². The van der Waals surface area contributed by atoms with Crippen molar-refractivity contribution in [1.82, 2.24) is 4.90 Å². The molecule has 0 N–H and O–H groups in total. The molecule has 5 aliphatic heterocycles. The highest BCUT2D eigenvalue weighted by molar-refractivity contribution is 5.99. The fourth-order valence-electron chi connectivity index (χ4n) is 8.01. The molecule has 28 heavy (non-hydrogen) atoms. The van der Waals surface area contributed by atoms with Crippen LogP contribution in [0.25, 0.3) is 0 Å². The van der Waals surface area contributed by atoms with Crippen molar-refractivity contribution in [3.63, 3.8) is 0 Å². The van der Waals surface area contributed by atoms with Crippen LogP contribution in [0.4, 0.5) is 5.69 Å². The predicted octanol–water partition coefficient (Wildman–Crippen LogP) is 2.46. The maximum absolute atomic E-state index is 13.4. The van der Waals surface area contributed by atoms with Crippen LogP contribution in [-0.2, 0) is 19.7 Å². The number of anilines is 1. The lowest BCUT2D eigenvalue weighted by atomic mass is 9.51. The average Bonchev–Trinajstić information content (AvgIpc) is 3.13. The summed E-state index contributed by atoms with van der Waals surface area (Å²) in [6.07, 6.45) is 4.94. The van der Waals surface area contributed by atoms with E-state index in [2.05, 4.69) is 47.1 Å². The van der Waals surface area contributed by atoms with E-state index < -0.39 is 0 Å². The van der Waals surface area contributed by atoms with Gasteiger partial charge < -0.3 is 14.4 Å². The van der Waals surface area contributed by atoms with Gasteiger partial charge >= 0.3 is 0 Å². The highest BCUT2D eigenvalue weighted by Crippen LogP contribution is 2.70. The molecular weight excluding hydrogens is 352 g/mol. The molecule has 1 aromatic carbocycles. The molecule has 1 amide bonds. The number of carbonyl (C=O) groups excluding carboxylic acids is 1.